The summed E-state index contributed by atoms with van der Waals surface area (Å²) in [5, 5.41) is 3.88. The average molecular weight is 224 g/mol. The molecule has 2 N–H and O–H groups in total. The van der Waals surface area contributed by atoms with E-state index in [1.165, 1.54) is 6.92 Å². The molecule has 4 nitrogen and oxygen atoms in total. The molecule has 0 bridgehead atoms. The van der Waals surface area contributed by atoms with Crippen LogP contribution < -0.4 is 10.6 Å². The molecule has 0 saturated carbocycles. The Morgan fingerprint density at radius 1 is 1.20 bits per heavy atom. The maximum atomic E-state index is 11.6. The predicted molar refractivity (Wildman–Crippen MR) is 46.9 cm³/mol. The number of nitrogens with one attached hydrogen (secondary N) is 2. The number of hydrogen-bond donors (Lipinski definition) is 2. The fraction of sp³-hybridized carbons (Fsp3) is 0.500. The van der Waals surface area contributed by atoms with E-state index in [4.69, 9.17) is 0 Å². The second-order valence-corrected chi connectivity index (χ2v) is 2.79. The monoisotopic (exact) mass is 224 g/mol. The van der Waals surface area contributed by atoms with Crippen molar-refractivity contribution < 1.29 is 22.8 Å². The highest BCUT2D eigenvalue weighted by Crippen LogP contribution is 2.13. The number of halogens is 3. The van der Waals surface area contributed by atoms with Crippen LogP contribution in [0.2, 0.25) is 0 Å². The fourth-order valence-electron chi connectivity index (χ4n) is 0.603. The molecule has 0 spiro atoms. The zero-order chi connectivity index (χ0) is 12.1. The molecule has 0 heterocycles. The summed E-state index contributed by atoms with van der Waals surface area (Å²) in [6.45, 7) is 4.43. The van der Waals surface area contributed by atoms with Gasteiger partial charge in [-0.05, 0) is 6.92 Å². The van der Waals surface area contributed by atoms with Crippen LogP contribution in [0, 0.1) is 0 Å². The summed E-state index contributed by atoms with van der Waals surface area (Å²) in [7, 11) is 0. The molecule has 2 amide bonds. The smallest absolute Gasteiger partial charge is 0.351 e. The van der Waals surface area contributed by atoms with E-state index in [-0.39, 0.29) is 18.7 Å². The summed E-state index contributed by atoms with van der Waals surface area (Å²) in [6, 6.07) is 0. The first-order chi connectivity index (χ1) is 6.75. The van der Waals surface area contributed by atoms with E-state index >= 15 is 0 Å². The van der Waals surface area contributed by atoms with Crippen LogP contribution in [0.25, 0.3) is 0 Å². The van der Waals surface area contributed by atoms with Crippen molar-refractivity contribution in [2.45, 2.75) is 13.1 Å². The van der Waals surface area contributed by atoms with E-state index in [1.807, 2.05) is 0 Å². The molecule has 0 aromatic carbocycles. The van der Waals surface area contributed by atoms with Gasteiger partial charge in [0, 0.05) is 18.7 Å². The summed E-state index contributed by atoms with van der Waals surface area (Å²) in [5.41, 5.74) is 0.247. The number of hydrogen-bond acceptors (Lipinski definition) is 2. The van der Waals surface area contributed by atoms with E-state index in [0.29, 0.717) is 0 Å². The Bertz CT molecular complexity index is 274. The van der Waals surface area contributed by atoms with Gasteiger partial charge in [0.2, 0.25) is 5.91 Å². The Labute approximate surface area is 84.5 Å². The lowest BCUT2D eigenvalue weighted by molar-refractivity contribution is -0.173. The first kappa shape index (κ1) is 13.5. The minimum atomic E-state index is -4.89. The molecule has 0 fully saturated rings. The normalized spacial score (nSPS) is 10.7. The van der Waals surface area contributed by atoms with Crippen molar-refractivity contribution in [2.24, 2.45) is 0 Å². The quantitative estimate of drug-likeness (QED) is 0.535. The van der Waals surface area contributed by atoms with Gasteiger partial charge in [-0.2, -0.15) is 13.2 Å². The van der Waals surface area contributed by atoms with E-state index in [9.17, 15) is 22.8 Å². The zero-order valence-electron chi connectivity index (χ0n) is 8.07. The highest BCUT2D eigenvalue weighted by atomic mass is 19.4. The maximum Gasteiger partial charge on any atom is 0.471 e. The van der Waals surface area contributed by atoms with Gasteiger partial charge in [0.15, 0.2) is 0 Å². The lowest BCUT2D eigenvalue weighted by Crippen LogP contribution is -2.41. The highest BCUT2D eigenvalue weighted by Gasteiger charge is 2.38. The molecule has 7 heteroatoms. The Morgan fingerprint density at radius 2 is 1.67 bits per heavy atom. The number of alkyl halides is 3. The molecular weight excluding hydrogens is 213 g/mol. The lowest BCUT2D eigenvalue weighted by Gasteiger charge is -2.08. The molecule has 86 valence electrons. The van der Waals surface area contributed by atoms with Gasteiger partial charge in [-0.25, -0.2) is 0 Å². The van der Waals surface area contributed by atoms with Crippen molar-refractivity contribution in [2.75, 3.05) is 13.1 Å². The van der Waals surface area contributed by atoms with Crippen molar-refractivity contribution >= 4 is 11.8 Å². The summed E-state index contributed by atoms with van der Waals surface area (Å²) >= 11 is 0. The SMILES string of the molecule is C=C(C)C(=O)NCCNC(=O)C(F)(F)F. The molecule has 0 atom stereocenters. The van der Waals surface area contributed by atoms with Crippen LogP contribution in [0.15, 0.2) is 12.2 Å². The second kappa shape index (κ2) is 5.38. The molecule has 0 rings (SSSR count). The van der Waals surface area contributed by atoms with Crippen LogP contribution in [0.4, 0.5) is 13.2 Å². The Balaban J connectivity index is 3.69. The first-order valence-corrected chi connectivity index (χ1v) is 4.04. The number of carbonyl (C=O) groups is 2. The van der Waals surface area contributed by atoms with Crippen molar-refractivity contribution in [3.05, 3.63) is 12.2 Å². The molecular formula is C8H11F3N2O2. The molecule has 0 aliphatic heterocycles. The molecule has 0 aromatic heterocycles. The molecule has 0 aliphatic carbocycles. The van der Waals surface area contributed by atoms with Crippen molar-refractivity contribution in [3.8, 4) is 0 Å². The van der Waals surface area contributed by atoms with E-state index in [1.54, 1.807) is 5.32 Å². The van der Waals surface area contributed by atoms with Gasteiger partial charge in [-0.15, -0.1) is 0 Å². The third kappa shape index (κ3) is 5.71. The van der Waals surface area contributed by atoms with Gasteiger partial charge < -0.3 is 10.6 Å². The minimum absolute atomic E-state index is 0.0759. The summed E-state index contributed by atoms with van der Waals surface area (Å²) in [5.74, 6) is -2.48. The minimum Gasteiger partial charge on any atom is -0.351 e. The summed E-state index contributed by atoms with van der Waals surface area (Å²) in [6.07, 6.45) is -4.89. The molecule has 0 aliphatic rings. The molecule has 0 unspecified atom stereocenters. The van der Waals surface area contributed by atoms with Crippen LogP contribution in [-0.4, -0.2) is 31.1 Å². The fourth-order valence-corrected chi connectivity index (χ4v) is 0.603. The van der Waals surface area contributed by atoms with Crippen LogP contribution in [0.3, 0.4) is 0 Å². The van der Waals surface area contributed by atoms with Gasteiger partial charge in [0.05, 0.1) is 0 Å². The number of amides is 2. The number of carbonyl (C=O) groups excluding carboxylic acids is 2. The second-order valence-electron chi connectivity index (χ2n) is 2.79. The molecule has 0 radical (unpaired) electrons. The van der Waals surface area contributed by atoms with E-state index in [0.717, 1.165) is 0 Å². The Hall–Kier alpha value is -1.53. The first-order valence-electron chi connectivity index (χ1n) is 4.04. The van der Waals surface area contributed by atoms with Crippen molar-refractivity contribution in [3.63, 3.8) is 0 Å². The predicted octanol–water partition coefficient (Wildman–Crippen LogP) is 0.357. The maximum absolute atomic E-state index is 11.6. The van der Waals surface area contributed by atoms with E-state index < -0.39 is 18.0 Å². The Morgan fingerprint density at radius 3 is 2.07 bits per heavy atom. The van der Waals surface area contributed by atoms with Gasteiger partial charge in [0.25, 0.3) is 0 Å². The molecule has 0 saturated heterocycles. The summed E-state index contributed by atoms with van der Waals surface area (Å²) in [4.78, 5) is 21.1. The third-order valence-corrected chi connectivity index (χ3v) is 1.34. The average Bonchev–Trinajstić information content (AvgIpc) is 2.09. The number of rotatable bonds is 4. The Kier molecular flexibility index (Phi) is 4.83. The van der Waals surface area contributed by atoms with E-state index in [2.05, 4.69) is 11.9 Å². The van der Waals surface area contributed by atoms with Crippen LogP contribution in [-0.2, 0) is 9.59 Å². The van der Waals surface area contributed by atoms with Gasteiger partial charge in [-0.3, -0.25) is 9.59 Å². The zero-order valence-corrected chi connectivity index (χ0v) is 8.07. The molecule has 0 aromatic rings. The lowest BCUT2D eigenvalue weighted by atomic mass is 10.3. The van der Waals surface area contributed by atoms with Crippen molar-refractivity contribution in [1.29, 1.82) is 0 Å². The highest BCUT2D eigenvalue weighted by molar-refractivity contribution is 5.92. The van der Waals surface area contributed by atoms with Crippen LogP contribution >= 0.6 is 0 Å². The topological polar surface area (TPSA) is 58.2 Å². The summed E-state index contributed by atoms with van der Waals surface area (Å²) < 4.78 is 34.9. The van der Waals surface area contributed by atoms with Gasteiger partial charge in [0.1, 0.15) is 0 Å². The van der Waals surface area contributed by atoms with Crippen LogP contribution in [0.1, 0.15) is 6.92 Å². The molecule has 15 heavy (non-hydrogen) atoms. The largest absolute Gasteiger partial charge is 0.471 e. The van der Waals surface area contributed by atoms with Crippen molar-refractivity contribution in [1.82, 2.24) is 10.6 Å². The third-order valence-electron chi connectivity index (χ3n) is 1.34. The standard InChI is InChI=1S/C8H11F3N2O2/c1-5(2)6(14)12-3-4-13-7(15)8(9,10)11/h1,3-4H2,2H3,(H,12,14)(H,13,15). The van der Waals surface area contributed by atoms with Gasteiger partial charge in [-0.1, -0.05) is 6.58 Å². The van der Waals surface area contributed by atoms with Crippen LogP contribution in [0.5, 0.6) is 0 Å². The van der Waals surface area contributed by atoms with Gasteiger partial charge >= 0.3 is 12.1 Å².